The van der Waals surface area contributed by atoms with Crippen molar-refractivity contribution in [3.05, 3.63) is 75.7 Å². The van der Waals surface area contributed by atoms with Gasteiger partial charge in [-0.05, 0) is 30.0 Å². The third-order valence-electron chi connectivity index (χ3n) is 4.57. The van der Waals surface area contributed by atoms with Crippen LogP contribution in [0.15, 0.2) is 53.3 Å². The Morgan fingerprint density at radius 3 is 2.75 bits per heavy atom. The van der Waals surface area contributed by atoms with E-state index in [4.69, 9.17) is 0 Å². The molecule has 0 fully saturated rings. The molecule has 1 amide bonds. The lowest BCUT2D eigenvalue weighted by Crippen LogP contribution is -2.29. The maximum Gasteiger partial charge on any atom is 0.272 e. The molecule has 0 unspecified atom stereocenters. The Labute approximate surface area is 138 Å². The number of aromatic amines is 1. The summed E-state index contributed by atoms with van der Waals surface area (Å²) in [5.74, 6) is -0.0820. The van der Waals surface area contributed by atoms with Crippen LogP contribution in [-0.4, -0.2) is 16.1 Å². The van der Waals surface area contributed by atoms with Crippen molar-refractivity contribution in [2.75, 3.05) is 0 Å². The first kappa shape index (κ1) is 14.6. The van der Waals surface area contributed by atoms with Crippen LogP contribution in [0.25, 0.3) is 10.8 Å². The van der Waals surface area contributed by atoms with Crippen molar-refractivity contribution >= 4 is 16.7 Å². The molecule has 5 heteroatoms. The lowest BCUT2D eigenvalue weighted by molar-refractivity contribution is -0.121. The second kappa shape index (κ2) is 5.92. The fourth-order valence-electron chi connectivity index (χ4n) is 3.41. The summed E-state index contributed by atoms with van der Waals surface area (Å²) >= 11 is 0. The Bertz CT molecular complexity index is 978. The van der Waals surface area contributed by atoms with Gasteiger partial charge in [-0.3, -0.25) is 9.59 Å². The van der Waals surface area contributed by atoms with E-state index < -0.39 is 0 Å². The van der Waals surface area contributed by atoms with Gasteiger partial charge in [-0.1, -0.05) is 42.5 Å². The molecule has 1 aliphatic carbocycles. The summed E-state index contributed by atoms with van der Waals surface area (Å²) in [6, 6.07) is 15.5. The van der Waals surface area contributed by atoms with E-state index in [-0.39, 0.29) is 23.9 Å². The van der Waals surface area contributed by atoms with Gasteiger partial charge in [0.25, 0.3) is 5.56 Å². The number of benzene rings is 2. The maximum atomic E-state index is 12.5. The first-order valence-electron chi connectivity index (χ1n) is 8.06. The number of H-pyrrole nitrogens is 1. The highest BCUT2D eigenvalue weighted by atomic mass is 16.1. The minimum Gasteiger partial charge on any atom is -0.349 e. The Morgan fingerprint density at radius 2 is 1.88 bits per heavy atom. The zero-order valence-electron chi connectivity index (χ0n) is 13.1. The molecule has 1 atom stereocenters. The van der Waals surface area contributed by atoms with E-state index in [0.29, 0.717) is 11.1 Å². The van der Waals surface area contributed by atoms with Crippen LogP contribution in [0.4, 0.5) is 0 Å². The van der Waals surface area contributed by atoms with E-state index in [1.165, 1.54) is 11.1 Å². The number of amides is 1. The largest absolute Gasteiger partial charge is 0.349 e. The smallest absolute Gasteiger partial charge is 0.272 e. The highest BCUT2D eigenvalue weighted by molar-refractivity contribution is 5.88. The molecule has 120 valence electrons. The standard InChI is InChI=1S/C19H17N3O2/c23-18(20-16-10-9-12-5-1-2-6-13(12)16)11-17-14-7-3-4-8-15(14)19(24)22-21-17/h1-8,16H,9-11H2,(H,20,23)(H,22,24)/t16-/m0/s1. The summed E-state index contributed by atoms with van der Waals surface area (Å²) in [6.07, 6.45) is 2.06. The molecule has 2 N–H and O–H groups in total. The van der Waals surface area contributed by atoms with Gasteiger partial charge in [0.1, 0.15) is 0 Å². The van der Waals surface area contributed by atoms with Gasteiger partial charge in [0, 0.05) is 5.39 Å². The molecule has 3 aromatic rings. The molecule has 1 aliphatic rings. The fraction of sp³-hybridized carbons (Fsp3) is 0.211. The van der Waals surface area contributed by atoms with Gasteiger partial charge in [-0.2, -0.15) is 5.10 Å². The van der Waals surface area contributed by atoms with Crippen LogP contribution in [0, 0.1) is 0 Å². The van der Waals surface area contributed by atoms with E-state index in [2.05, 4.69) is 27.6 Å². The first-order chi connectivity index (χ1) is 11.7. The van der Waals surface area contributed by atoms with Gasteiger partial charge in [0.15, 0.2) is 0 Å². The molecule has 24 heavy (non-hydrogen) atoms. The summed E-state index contributed by atoms with van der Waals surface area (Å²) in [7, 11) is 0. The lowest BCUT2D eigenvalue weighted by atomic mass is 10.1. The number of hydrogen-bond donors (Lipinski definition) is 2. The van der Waals surface area contributed by atoms with Crippen LogP contribution in [0.2, 0.25) is 0 Å². The molecular weight excluding hydrogens is 302 g/mol. The summed E-state index contributed by atoms with van der Waals surface area (Å²) in [4.78, 5) is 24.3. The van der Waals surface area contributed by atoms with Crippen LogP contribution < -0.4 is 10.9 Å². The van der Waals surface area contributed by atoms with Gasteiger partial charge < -0.3 is 5.32 Å². The van der Waals surface area contributed by atoms with Crippen molar-refractivity contribution in [3.8, 4) is 0 Å². The van der Waals surface area contributed by atoms with Gasteiger partial charge in [0.2, 0.25) is 5.91 Å². The second-order valence-corrected chi connectivity index (χ2v) is 6.08. The van der Waals surface area contributed by atoms with Crippen molar-refractivity contribution < 1.29 is 4.79 Å². The molecule has 1 aromatic heterocycles. The number of aryl methyl sites for hydroxylation is 1. The van der Waals surface area contributed by atoms with Crippen molar-refractivity contribution in [2.24, 2.45) is 0 Å². The van der Waals surface area contributed by atoms with Crippen LogP contribution >= 0.6 is 0 Å². The van der Waals surface area contributed by atoms with E-state index in [1.807, 2.05) is 24.3 Å². The Hall–Kier alpha value is -2.95. The quantitative estimate of drug-likeness (QED) is 0.777. The predicted molar refractivity (Wildman–Crippen MR) is 91.7 cm³/mol. The molecule has 0 aliphatic heterocycles. The zero-order chi connectivity index (χ0) is 16.5. The summed E-state index contributed by atoms with van der Waals surface area (Å²) in [6.45, 7) is 0. The lowest BCUT2D eigenvalue weighted by Gasteiger charge is -2.14. The topological polar surface area (TPSA) is 74.8 Å². The number of hydrogen-bond acceptors (Lipinski definition) is 3. The number of carbonyl (C=O) groups is 1. The molecule has 0 radical (unpaired) electrons. The van der Waals surface area contributed by atoms with E-state index in [9.17, 15) is 9.59 Å². The number of aromatic nitrogens is 2. The monoisotopic (exact) mass is 319 g/mol. The van der Waals surface area contributed by atoms with E-state index >= 15 is 0 Å². The van der Waals surface area contributed by atoms with E-state index in [1.54, 1.807) is 12.1 Å². The fourth-order valence-corrected chi connectivity index (χ4v) is 3.41. The molecular formula is C19H17N3O2. The Morgan fingerprint density at radius 1 is 1.12 bits per heavy atom. The summed E-state index contributed by atoms with van der Waals surface area (Å²) < 4.78 is 0. The summed E-state index contributed by atoms with van der Waals surface area (Å²) in [5.41, 5.74) is 2.86. The minimum absolute atomic E-state index is 0.0581. The normalized spacial score (nSPS) is 16.1. The molecule has 2 aromatic carbocycles. The maximum absolute atomic E-state index is 12.5. The number of fused-ring (bicyclic) bond motifs is 2. The molecule has 0 saturated carbocycles. The molecule has 1 heterocycles. The molecule has 4 rings (SSSR count). The SMILES string of the molecule is O=C(Cc1n[nH]c(=O)c2ccccc12)N[C@H]1CCc2ccccc21. The van der Waals surface area contributed by atoms with Crippen molar-refractivity contribution in [1.29, 1.82) is 0 Å². The van der Waals surface area contributed by atoms with Crippen molar-refractivity contribution in [1.82, 2.24) is 15.5 Å². The number of carbonyl (C=O) groups excluding carboxylic acids is 1. The van der Waals surface area contributed by atoms with Crippen molar-refractivity contribution in [2.45, 2.75) is 25.3 Å². The average Bonchev–Trinajstić information content (AvgIpc) is 3.01. The third kappa shape index (κ3) is 2.58. The van der Waals surface area contributed by atoms with Crippen LogP contribution in [0.5, 0.6) is 0 Å². The van der Waals surface area contributed by atoms with E-state index in [0.717, 1.165) is 18.2 Å². The number of rotatable bonds is 3. The number of nitrogens with zero attached hydrogens (tertiary/aromatic N) is 1. The first-order valence-corrected chi connectivity index (χ1v) is 8.06. The van der Waals surface area contributed by atoms with Gasteiger partial charge in [0.05, 0.1) is 23.5 Å². The minimum atomic E-state index is -0.237. The number of nitrogens with one attached hydrogen (secondary N) is 2. The second-order valence-electron chi connectivity index (χ2n) is 6.08. The Balaban J connectivity index is 1.56. The van der Waals surface area contributed by atoms with Gasteiger partial charge >= 0.3 is 0 Å². The average molecular weight is 319 g/mol. The summed E-state index contributed by atoms with van der Waals surface area (Å²) in [5, 5.41) is 10.9. The molecule has 5 nitrogen and oxygen atoms in total. The van der Waals surface area contributed by atoms with Crippen molar-refractivity contribution in [3.63, 3.8) is 0 Å². The van der Waals surface area contributed by atoms with Gasteiger partial charge in [-0.25, -0.2) is 5.10 Å². The molecule has 0 spiro atoms. The van der Waals surface area contributed by atoms with Crippen LogP contribution in [-0.2, 0) is 17.6 Å². The molecule has 0 saturated heterocycles. The third-order valence-corrected chi connectivity index (χ3v) is 4.57. The van der Waals surface area contributed by atoms with Crippen LogP contribution in [0.1, 0.15) is 29.3 Å². The highest BCUT2D eigenvalue weighted by Gasteiger charge is 2.23. The Kier molecular flexibility index (Phi) is 3.61. The predicted octanol–water partition coefficient (Wildman–Crippen LogP) is 2.27. The highest BCUT2D eigenvalue weighted by Crippen LogP contribution is 2.30. The van der Waals surface area contributed by atoms with Gasteiger partial charge in [-0.15, -0.1) is 0 Å². The molecule has 0 bridgehead atoms. The zero-order valence-corrected chi connectivity index (χ0v) is 13.1. The van der Waals surface area contributed by atoms with Crippen LogP contribution in [0.3, 0.4) is 0 Å².